The van der Waals surface area contributed by atoms with Crippen LogP contribution in [0, 0.1) is 5.82 Å². The SMILES string of the molecule is CCOc1cncc(-c2ccc(C(=O)NC(C)(C)c3csc(NS(=O)(=O)C4CC4)n3)c(F)c2)n1. The molecule has 1 fully saturated rings. The molecule has 0 unspecified atom stereocenters. The number of nitrogens with one attached hydrogen (secondary N) is 2. The van der Waals surface area contributed by atoms with Crippen LogP contribution < -0.4 is 14.8 Å². The molecule has 0 radical (unpaired) electrons. The monoisotopic (exact) mass is 505 g/mol. The first kappa shape index (κ1) is 24.0. The average Bonchev–Trinajstić information content (AvgIpc) is 3.54. The molecule has 4 rings (SSSR count). The maximum atomic E-state index is 14.9. The van der Waals surface area contributed by atoms with Gasteiger partial charge in [0, 0.05) is 10.9 Å². The van der Waals surface area contributed by atoms with Crippen LogP contribution in [0.3, 0.4) is 0 Å². The summed E-state index contributed by atoms with van der Waals surface area (Å²) in [5, 5.41) is 4.29. The molecular formula is C22H24FN5O4S2. The van der Waals surface area contributed by atoms with E-state index in [1.165, 1.54) is 24.5 Å². The molecule has 1 aromatic carbocycles. The summed E-state index contributed by atoms with van der Waals surface area (Å²) in [6, 6.07) is 4.18. The molecule has 2 aromatic heterocycles. The fraction of sp³-hybridized carbons (Fsp3) is 0.364. The van der Waals surface area contributed by atoms with Crippen LogP contribution in [0.15, 0.2) is 36.0 Å². The first-order valence-corrected chi connectivity index (χ1v) is 13.1. The molecule has 1 saturated carbocycles. The molecule has 9 nitrogen and oxygen atoms in total. The molecule has 34 heavy (non-hydrogen) atoms. The highest BCUT2D eigenvalue weighted by atomic mass is 32.2. The van der Waals surface area contributed by atoms with Gasteiger partial charge in [0.25, 0.3) is 5.91 Å². The zero-order valence-electron chi connectivity index (χ0n) is 18.8. The maximum absolute atomic E-state index is 14.9. The molecule has 1 aliphatic rings. The van der Waals surface area contributed by atoms with Gasteiger partial charge in [-0.05, 0) is 45.7 Å². The number of rotatable bonds is 9. The van der Waals surface area contributed by atoms with Gasteiger partial charge in [-0.3, -0.25) is 14.5 Å². The molecule has 1 aliphatic carbocycles. The second-order valence-electron chi connectivity index (χ2n) is 8.33. The number of carbonyl (C=O) groups excluding carboxylic acids is 1. The van der Waals surface area contributed by atoms with Crippen LogP contribution in [0.1, 0.15) is 49.7 Å². The van der Waals surface area contributed by atoms with Crippen LogP contribution in [-0.2, 0) is 15.6 Å². The van der Waals surface area contributed by atoms with Gasteiger partial charge in [-0.1, -0.05) is 6.07 Å². The Bertz CT molecular complexity index is 1320. The van der Waals surface area contributed by atoms with Crippen LogP contribution >= 0.6 is 11.3 Å². The largest absolute Gasteiger partial charge is 0.477 e. The summed E-state index contributed by atoms with van der Waals surface area (Å²) in [6.45, 7) is 5.66. The molecule has 0 bridgehead atoms. The third-order valence-electron chi connectivity index (χ3n) is 5.18. The molecule has 0 saturated heterocycles. The highest BCUT2D eigenvalue weighted by Gasteiger charge is 2.36. The lowest BCUT2D eigenvalue weighted by Crippen LogP contribution is -2.41. The van der Waals surface area contributed by atoms with E-state index < -0.39 is 27.3 Å². The van der Waals surface area contributed by atoms with E-state index in [1.807, 2.05) is 6.92 Å². The number of anilines is 1. The van der Waals surface area contributed by atoms with Crippen molar-refractivity contribution in [3.05, 3.63) is 53.0 Å². The first-order valence-electron chi connectivity index (χ1n) is 10.6. The van der Waals surface area contributed by atoms with Gasteiger partial charge in [0.1, 0.15) is 5.82 Å². The standard InChI is InChI=1S/C22H24FN5O4S2/c1-4-32-19-11-24-10-17(25-19)13-5-8-15(16(23)9-13)20(29)27-22(2,3)18-12-33-21(26-18)28-34(30,31)14-6-7-14/h5,8-12,14H,4,6-7H2,1-3H3,(H,26,28)(H,27,29). The molecule has 0 atom stereocenters. The molecule has 0 spiro atoms. The van der Waals surface area contributed by atoms with Gasteiger partial charge in [-0.15, -0.1) is 11.3 Å². The predicted molar refractivity (Wildman–Crippen MR) is 127 cm³/mol. The Hall–Kier alpha value is -3.12. The Morgan fingerprint density at radius 3 is 2.71 bits per heavy atom. The molecule has 2 heterocycles. The Labute approximate surface area is 200 Å². The molecule has 12 heteroatoms. The summed E-state index contributed by atoms with van der Waals surface area (Å²) in [7, 11) is -3.43. The third-order valence-corrected chi connectivity index (χ3v) is 7.89. The van der Waals surface area contributed by atoms with E-state index in [0.717, 1.165) is 11.3 Å². The van der Waals surface area contributed by atoms with Gasteiger partial charge in [-0.25, -0.2) is 22.8 Å². The van der Waals surface area contributed by atoms with Gasteiger partial charge in [-0.2, -0.15) is 0 Å². The highest BCUT2D eigenvalue weighted by molar-refractivity contribution is 7.93. The van der Waals surface area contributed by atoms with E-state index in [1.54, 1.807) is 25.3 Å². The number of amides is 1. The van der Waals surface area contributed by atoms with E-state index >= 15 is 0 Å². The summed E-state index contributed by atoms with van der Waals surface area (Å²) >= 11 is 1.13. The quantitative estimate of drug-likeness (QED) is 0.454. The van der Waals surface area contributed by atoms with Crippen molar-refractivity contribution in [3.8, 4) is 17.1 Å². The van der Waals surface area contributed by atoms with Gasteiger partial charge in [0.05, 0.1) is 46.7 Å². The first-order chi connectivity index (χ1) is 16.1. The Balaban J connectivity index is 1.48. The van der Waals surface area contributed by atoms with Crippen LogP contribution in [0.25, 0.3) is 11.3 Å². The number of aromatic nitrogens is 3. The second kappa shape index (κ2) is 9.26. The van der Waals surface area contributed by atoms with Crippen molar-refractivity contribution in [2.75, 3.05) is 11.3 Å². The second-order valence-corrected chi connectivity index (χ2v) is 11.2. The number of thiazole rings is 1. The molecule has 0 aliphatic heterocycles. The lowest BCUT2D eigenvalue weighted by Gasteiger charge is -2.24. The van der Waals surface area contributed by atoms with Crippen molar-refractivity contribution in [3.63, 3.8) is 0 Å². The molecular weight excluding hydrogens is 481 g/mol. The summed E-state index contributed by atoms with van der Waals surface area (Å²) < 4.78 is 46.9. The number of sulfonamides is 1. The van der Waals surface area contributed by atoms with Crippen molar-refractivity contribution in [1.29, 1.82) is 0 Å². The molecule has 3 aromatic rings. The summed E-state index contributed by atoms with van der Waals surface area (Å²) in [6.07, 6.45) is 4.24. The van der Waals surface area contributed by atoms with Gasteiger partial charge in [0.15, 0.2) is 5.13 Å². The van der Waals surface area contributed by atoms with Crippen molar-refractivity contribution in [2.45, 2.75) is 44.4 Å². The number of carbonyl (C=O) groups is 1. The minimum absolute atomic E-state index is 0.143. The Morgan fingerprint density at radius 2 is 2.03 bits per heavy atom. The van der Waals surface area contributed by atoms with Gasteiger partial charge < -0.3 is 10.1 Å². The number of hydrogen-bond acceptors (Lipinski definition) is 8. The zero-order chi connectivity index (χ0) is 24.5. The Kier molecular flexibility index (Phi) is 6.54. The zero-order valence-corrected chi connectivity index (χ0v) is 20.5. The number of ether oxygens (including phenoxy) is 1. The van der Waals surface area contributed by atoms with Crippen LogP contribution in [0.4, 0.5) is 9.52 Å². The van der Waals surface area contributed by atoms with E-state index in [9.17, 15) is 17.6 Å². The highest BCUT2D eigenvalue weighted by Crippen LogP contribution is 2.32. The predicted octanol–water partition coefficient (Wildman–Crippen LogP) is 3.71. The third kappa shape index (κ3) is 5.33. The summed E-state index contributed by atoms with van der Waals surface area (Å²) in [5.41, 5.74) is 0.212. The smallest absolute Gasteiger partial charge is 0.254 e. The molecule has 180 valence electrons. The van der Waals surface area contributed by atoms with Crippen LogP contribution in [0.2, 0.25) is 0 Å². The molecule has 2 N–H and O–H groups in total. The lowest BCUT2D eigenvalue weighted by atomic mass is 10.0. The van der Waals surface area contributed by atoms with Crippen molar-refractivity contribution in [2.24, 2.45) is 0 Å². The Morgan fingerprint density at radius 1 is 1.26 bits per heavy atom. The fourth-order valence-corrected chi connectivity index (χ4v) is 5.64. The number of halogens is 1. The van der Waals surface area contributed by atoms with Crippen LogP contribution in [0.5, 0.6) is 5.88 Å². The van der Waals surface area contributed by atoms with E-state index in [2.05, 4.69) is 25.0 Å². The molecule has 1 amide bonds. The average molecular weight is 506 g/mol. The normalized spacial score (nSPS) is 14.0. The van der Waals surface area contributed by atoms with E-state index in [0.29, 0.717) is 42.3 Å². The summed E-state index contributed by atoms with van der Waals surface area (Å²) in [4.78, 5) is 25.5. The number of benzene rings is 1. The van der Waals surface area contributed by atoms with Crippen molar-refractivity contribution >= 4 is 32.4 Å². The number of hydrogen-bond donors (Lipinski definition) is 2. The van der Waals surface area contributed by atoms with Gasteiger partial charge in [0.2, 0.25) is 15.9 Å². The van der Waals surface area contributed by atoms with Gasteiger partial charge >= 0.3 is 0 Å². The fourth-order valence-electron chi connectivity index (χ4n) is 3.17. The van der Waals surface area contributed by atoms with E-state index in [4.69, 9.17) is 4.74 Å². The lowest BCUT2D eigenvalue weighted by molar-refractivity contribution is 0.0906. The van der Waals surface area contributed by atoms with E-state index in [-0.39, 0.29) is 15.9 Å². The topological polar surface area (TPSA) is 123 Å². The summed E-state index contributed by atoms with van der Waals surface area (Å²) in [5.74, 6) is -1.02. The maximum Gasteiger partial charge on any atom is 0.254 e. The minimum Gasteiger partial charge on any atom is -0.477 e. The number of nitrogens with zero attached hydrogens (tertiary/aromatic N) is 3. The van der Waals surface area contributed by atoms with Crippen molar-refractivity contribution in [1.82, 2.24) is 20.3 Å². The van der Waals surface area contributed by atoms with Crippen LogP contribution in [-0.4, -0.2) is 41.1 Å². The van der Waals surface area contributed by atoms with Crippen molar-refractivity contribution < 1.29 is 22.3 Å². The minimum atomic E-state index is -3.43.